The average molecular weight is 445 g/mol. The lowest BCUT2D eigenvalue weighted by Crippen LogP contribution is -2.43. The first-order valence-electron chi connectivity index (χ1n) is 7.72. The summed E-state index contributed by atoms with van der Waals surface area (Å²) in [7, 11) is 0.711. The molecule has 0 spiro atoms. The van der Waals surface area contributed by atoms with Crippen LogP contribution in [0.2, 0.25) is 0 Å². The maximum atomic E-state index is 11.4. The lowest BCUT2D eigenvalue weighted by Gasteiger charge is -2.20. The Labute approximate surface area is 150 Å². The summed E-state index contributed by atoms with van der Waals surface area (Å²) in [5, 5.41) is 6.57. The first-order valence-corrected chi connectivity index (χ1v) is 9.54. The van der Waals surface area contributed by atoms with Crippen molar-refractivity contribution in [2.75, 3.05) is 38.8 Å². The maximum Gasteiger partial charge on any atom is 0.190 e. The Hall–Kier alpha value is -0.0900. The van der Waals surface area contributed by atoms with Crippen molar-refractivity contribution in [2.24, 2.45) is 16.8 Å². The summed E-state index contributed by atoms with van der Waals surface area (Å²) < 4.78 is 28.4. The number of rotatable bonds is 5. The van der Waals surface area contributed by atoms with Crippen LogP contribution < -0.4 is 10.6 Å². The highest BCUT2D eigenvalue weighted by Crippen LogP contribution is 2.27. The maximum absolute atomic E-state index is 11.4. The normalized spacial score (nSPS) is 30.8. The molecule has 0 aromatic carbocycles. The zero-order chi connectivity index (χ0) is 15.3. The lowest BCUT2D eigenvalue weighted by atomic mass is 10.1. The Morgan fingerprint density at radius 2 is 1.95 bits per heavy atom. The fraction of sp³-hybridized carbons (Fsp3) is 0.929. The summed E-state index contributed by atoms with van der Waals surface area (Å²) in [6.07, 6.45) is 4.63. The molecule has 2 aliphatic rings. The zero-order valence-electron chi connectivity index (χ0n) is 13.4. The van der Waals surface area contributed by atoms with E-state index in [0.29, 0.717) is 30.1 Å². The van der Waals surface area contributed by atoms with Gasteiger partial charge in [-0.25, -0.2) is 8.42 Å². The number of hydrogen-bond acceptors (Lipinski definition) is 4. The van der Waals surface area contributed by atoms with E-state index in [1.165, 1.54) is 12.8 Å². The highest BCUT2D eigenvalue weighted by atomic mass is 127. The summed E-state index contributed by atoms with van der Waals surface area (Å²) in [6.45, 7) is 1.51. The third-order valence-electron chi connectivity index (χ3n) is 4.53. The molecule has 3 unspecified atom stereocenters. The Morgan fingerprint density at radius 1 is 1.23 bits per heavy atom. The number of nitrogens with zero attached hydrogens (tertiary/aromatic N) is 1. The van der Waals surface area contributed by atoms with Gasteiger partial charge in [0.1, 0.15) is 0 Å². The van der Waals surface area contributed by atoms with Gasteiger partial charge >= 0.3 is 0 Å². The van der Waals surface area contributed by atoms with Crippen LogP contribution in [0.1, 0.15) is 25.7 Å². The van der Waals surface area contributed by atoms with Gasteiger partial charge in [0.25, 0.3) is 0 Å². The van der Waals surface area contributed by atoms with E-state index in [-0.39, 0.29) is 29.9 Å². The largest absolute Gasteiger partial charge is 0.381 e. The fourth-order valence-corrected chi connectivity index (χ4v) is 5.13. The fourth-order valence-electron chi connectivity index (χ4n) is 3.27. The van der Waals surface area contributed by atoms with Crippen LogP contribution in [0.3, 0.4) is 0 Å². The lowest BCUT2D eigenvalue weighted by molar-refractivity contribution is 0.0725. The van der Waals surface area contributed by atoms with Crippen LogP contribution >= 0.6 is 24.0 Å². The van der Waals surface area contributed by atoms with Gasteiger partial charge in [0.05, 0.1) is 17.6 Å². The number of aliphatic imine (C=N–C) groups is 1. The number of nitrogens with one attached hydrogen (secondary N) is 2. The van der Waals surface area contributed by atoms with Crippen molar-refractivity contribution in [3.8, 4) is 0 Å². The van der Waals surface area contributed by atoms with Crippen molar-refractivity contribution >= 4 is 39.8 Å². The van der Waals surface area contributed by atoms with Gasteiger partial charge in [-0.15, -0.1) is 24.0 Å². The predicted molar refractivity (Wildman–Crippen MR) is 99.7 cm³/mol. The van der Waals surface area contributed by atoms with Gasteiger partial charge in [0.15, 0.2) is 15.8 Å². The molecule has 8 heteroatoms. The molecule has 1 saturated carbocycles. The van der Waals surface area contributed by atoms with Crippen molar-refractivity contribution in [3.63, 3.8) is 0 Å². The minimum atomic E-state index is -2.80. The predicted octanol–water partition coefficient (Wildman–Crippen LogP) is 1.02. The molecule has 0 aromatic rings. The van der Waals surface area contributed by atoms with Crippen LogP contribution in [0, 0.1) is 11.8 Å². The molecule has 22 heavy (non-hydrogen) atoms. The number of sulfone groups is 1. The molecule has 1 saturated heterocycles. The molecule has 1 heterocycles. The summed E-state index contributed by atoms with van der Waals surface area (Å²) in [6, 6.07) is 0. The van der Waals surface area contributed by atoms with E-state index < -0.39 is 9.84 Å². The first kappa shape index (κ1) is 20.0. The summed E-state index contributed by atoms with van der Waals surface area (Å²) in [4.78, 5) is 4.20. The van der Waals surface area contributed by atoms with E-state index in [1.807, 2.05) is 0 Å². The third kappa shape index (κ3) is 5.84. The molecule has 1 aliphatic carbocycles. The van der Waals surface area contributed by atoms with E-state index in [0.717, 1.165) is 25.3 Å². The highest BCUT2D eigenvalue weighted by Gasteiger charge is 2.28. The topological polar surface area (TPSA) is 79.8 Å². The van der Waals surface area contributed by atoms with Gasteiger partial charge in [0.2, 0.25) is 0 Å². The third-order valence-corrected chi connectivity index (χ3v) is 6.37. The Balaban J connectivity index is 0.00000242. The number of hydrogen-bond donors (Lipinski definition) is 2. The van der Waals surface area contributed by atoms with E-state index in [1.54, 1.807) is 14.2 Å². The van der Waals surface area contributed by atoms with Crippen molar-refractivity contribution in [3.05, 3.63) is 0 Å². The van der Waals surface area contributed by atoms with Crippen molar-refractivity contribution in [1.82, 2.24) is 10.6 Å². The van der Waals surface area contributed by atoms with Crippen LogP contribution in [-0.2, 0) is 14.6 Å². The summed E-state index contributed by atoms with van der Waals surface area (Å²) >= 11 is 0. The van der Waals surface area contributed by atoms with Gasteiger partial charge < -0.3 is 15.4 Å². The van der Waals surface area contributed by atoms with E-state index in [2.05, 4.69) is 15.6 Å². The molecule has 130 valence electrons. The van der Waals surface area contributed by atoms with Gasteiger partial charge in [-0.2, -0.15) is 0 Å². The van der Waals surface area contributed by atoms with Crippen LogP contribution in [0.5, 0.6) is 0 Å². The number of ether oxygens (including phenoxy) is 1. The molecule has 2 rings (SSSR count). The Kier molecular flexibility index (Phi) is 8.40. The molecule has 3 atom stereocenters. The SMILES string of the molecule is CN=C(NCC1CCS(=O)(=O)C1)NCC1CCCC1OC.I. The van der Waals surface area contributed by atoms with E-state index >= 15 is 0 Å². The second-order valence-corrected chi connectivity index (χ2v) is 8.30. The number of halogens is 1. The molecule has 2 N–H and O–H groups in total. The second kappa shape index (κ2) is 9.27. The van der Waals surface area contributed by atoms with E-state index in [4.69, 9.17) is 4.74 Å². The van der Waals surface area contributed by atoms with Gasteiger partial charge in [-0.05, 0) is 25.2 Å². The van der Waals surface area contributed by atoms with Crippen molar-refractivity contribution in [1.29, 1.82) is 0 Å². The number of methoxy groups -OCH3 is 1. The molecule has 2 fully saturated rings. The minimum Gasteiger partial charge on any atom is -0.381 e. The Morgan fingerprint density at radius 3 is 2.55 bits per heavy atom. The monoisotopic (exact) mass is 445 g/mol. The molecule has 0 aromatic heterocycles. The molecular weight excluding hydrogens is 417 g/mol. The summed E-state index contributed by atoms with van der Waals surface area (Å²) in [5.74, 6) is 2.10. The standard InChI is InChI=1S/C14H27N3O3S.HI/c1-15-14(16-8-11-6-7-21(18,19)10-11)17-9-12-4-3-5-13(12)20-2;/h11-13H,3-10H2,1-2H3,(H2,15,16,17);1H. The van der Waals surface area contributed by atoms with Crippen molar-refractivity contribution < 1.29 is 13.2 Å². The van der Waals surface area contributed by atoms with Gasteiger partial charge in [0, 0.05) is 33.2 Å². The molecule has 1 aliphatic heterocycles. The van der Waals surface area contributed by atoms with Gasteiger partial charge in [-0.3, -0.25) is 4.99 Å². The zero-order valence-corrected chi connectivity index (χ0v) is 16.5. The molecule has 0 bridgehead atoms. The average Bonchev–Trinajstić information content (AvgIpc) is 3.05. The molecule has 6 nitrogen and oxygen atoms in total. The summed E-state index contributed by atoms with van der Waals surface area (Å²) in [5.41, 5.74) is 0. The smallest absolute Gasteiger partial charge is 0.190 e. The van der Waals surface area contributed by atoms with Crippen LogP contribution in [0.4, 0.5) is 0 Å². The Bertz CT molecular complexity index is 470. The van der Waals surface area contributed by atoms with Crippen LogP contribution in [-0.4, -0.2) is 59.2 Å². The van der Waals surface area contributed by atoms with Crippen LogP contribution in [0.15, 0.2) is 4.99 Å². The molecule has 0 amide bonds. The highest BCUT2D eigenvalue weighted by molar-refractivity contribution is 14.0. The molecular formula is C14H28IN3O3S. The van der Waals surface area contributed by atoms with E-state index in [9.17, 15) is 8.42 Å². The second-order valence-electron chi connectivity index (χ2n) is 6.07. The quantitative estimate of drug-likeness (QED) is 0.375. The van der Waals surface area contributed by atoms with Crippen LogP contribution in [0.25, 0.3) is 0 Å². The minimum absolute atomic E-state index is 0. The van der Waals surface area contributed by atoms with Gasteiger partial charge in [-0.1, -0.05) is 6.42 Å². The number of guanidine groups is 1. The van der Waals surface area contributed by atoms with Crippen molar-refractivity contribution in [2.45, 2.75) is 31.8 Å². The first-order chi connectivity index (χ1) is 10.0. The molecule has 0 radical (unpaired) electrons.